The van der Waals surface area contributed by atoms with Crippen molar-refractivity contribution in [3.05, 3.63) is 51.5 Å². The van der Waals surface area contributed by atoms with Crippen LogP contribution in [0.25, 0.3) is 0 Å². The van der Waals surface area contributed by atoms with E-state index in [0.717, 1.165) is 24.9 Å². The summed E-state index contributed by atoms with van der Waals surface area (Å²) in [6, 6.07) is 8.86. The number of aromatic nitrogens is 1. The lowest BCUT2D eigenvalue weighted by Crippen LogP contribution is -2.46. The molecule has 2 amide bonds. The van der Waals surface area contributed by atoms with Crippen LogP contribution in [0.5, 0.6) is 0 Å². The number of Topliss-reactive ketones (excluding diaryl/α,β-unsaturated/α-hetero) is 1. The highest BCUT2D eigenvalue weighted by Gasteiger charge is 2.37. The van der Waals surface area contributed by atoms with Crippen LogP contribution < -0.4 is 5.32 Å². The maximum absolute atomic E-state index is 14.1. The Balaban J connectivity index is 1.84. The Morgan fingerprint density at radius 1 is 1.04 bits per heavy atom. The second kappa shape index (κ2) is 19.3. The molecule has 51 heavy (non-hydrogen) atoms. The van der Waals surface area contributed by atoms with E-state index in [2.05, 4.69) is 10.2 Å². The summed E-state index contributed by atoms with van der Waals surface area (Å²) in [5.74, 6) is -2.22. The molecule has 0 aliphatic carbocycles. The number of benzene rings is 1. The van der Waals surface area contributed by atoms with Crippen LogP contribution in [0.15, 0.2) is 30.3 Å². The summed E-state index contributed by atoms with van der Waals surface area (Å²) in [6.45, 7) is 13.7. The highest BCUT2D eigenvalue weighted by molar-refractivity contribution is 7.12. The normalized spacial score (nSPS) is 17.8. The van der Waals surface area contributed by atoms with Crippen molar-refractivity contribution in [2.24, 2.45) is 23.7 Å². The molecule has 3 rings (SSSR count). The standard InChI is InChI=1S/C39H58N4O7S/c1-23(2)30(21-33(45)31-17-14-18-42(31)8)38(47)43(9)32(24(3)4)22-34(50-27(7)44)37-41-35(26(6)51-37)36(46)40-29(19-25(5)39(48)49-10)20-28-15-12-11-13-16-28/h11-13,15-16,23-25,29-32,34H,14,17-22H2,1-10H3,(H,40,46)/t25-,29+,30-,31+,32+,34+/m0/s1. The topological polar surface area (TPSA) is 135 Å². The van der Waals surface area contributed by atoms with Crippen LogP contribution in [0.4, 0.5) is 0 Å². The highest BCUT2D eigenvalue weighted by Crippen LogP contribution is 2.34. The third-order valence-corrected chi connectivity index (χ3v) is 11.1. The number of amides is 2. The molecule has 11 nitrogen and oxygen atoms in total. The molecular weight excluding hydrogens is 669 g/mol. The number of esters is 2. The zero-order valence-electron chi connectivity index (χ0n) is 32.1. The molecule has 0 unspecified atom stereocenters. The van der Waals surface area contributed by atoms with Crippen LogP contribution >= 0.6 is 11.3 Å². The lowest BCUT2D eigenvalue weighted by Gasteiger charge is -2.36. The molecule has 12 heteroatoms. The first-order valence-corrected chi connectivity index (χ1v) is 18.9. The molecule has 0 bridgehead atoms. The van der Waals surface area contributed by atoms with Crippen LogP contribution in [0, 0.1) is 30.6 Å². The Kier molecular flexibility index (Phi) is 15.8. The molecular formula is C39H58N4O7S. The summed E-state index contributed by atoms with van der Waals surface area (Å²) < 4.78 is 10.8. The highest BCUT2D eigenvalue weighted by atomic mass is 32.1. The van der Waals surface area contributed by atoms with Gasteiger partial charge in [0, 0.05) is 49.7 Å². The van der Waals surface area contributed by atoms with Gasteiger partial charge in [0.2, 0.25) is 5.91 Å². The molecule has 1 aromatic carbocycles. The number of nitrogens with zero attached hydrogens (tertiary/aromatic N) is 3. The van der Waals surface area contributed by atoms with Crippen molar-refractivity contribution >= 4 is 40.9 Å². The molecule has 282 valence electrons. The summed E-state index contributed by atoms with van der Waals surface area (Å²) >= 11 is 1.28. The van der Waals surface area contributed by atoms with Crippen LogP contribution in [-0.2, 0) is 35.1 Å². The lowest BCUT2D eigenvalue weighted by molar-refractivity contribution is -0.149. The van der Waals surface area contributed by atoms with Gasteiger partial charge in [0.15, 0.2) is 11.9 Å². The third kappa shape index (κ3) is 11.7. The van der Waals surface area contributed by atoms with Gasteiger partial charge in [0.05, 0.1) is 19.1 Å². The molecule has 1 saturated heterocycles. The first-order chi connectivity index (χ1) is 24.0. The molecule has 2 aromatic rings. The third-order valence-electron chi connectivity index (χ3n) is 10.0. The van der Waals surface area contributed by atoms with Crippen molar-refractivity contribution in [1.29, 1.82) is 0 Å². The number of ketones is 1. The predicted octanol–water partition coefficient (Wildman–Crippen LogP) is 5.79. The minimum absolute atomic E-state index is 0.0131. The Morgan fingerprint density at radius 2 is 1.71 bits per heavy atom. The van der Waals surface area contributed by atoms with Gasteiger partial charge in [-0.05, 0) is 63.6 Å². The molecule has 2 heterocycles. The van der Waals surface area contributed by atoms with E-state index < -0.39 is 23.9 Å². The number of rotatable bonds is 18. The van der Waals surface area contributed by atoms with Gasteiger partial charge in [-0.15, -0.1) is 11.3 Å². The van der Waals surface area contributed by atoms with Gasteiger partial charge in [-0.2, -0.15) is 0 Å². The summed E-state index contributed by atoms with van der Waals surface area (Å²) in [5.41, 5.74) is 1.23. The van der Waals surface area contributed by atoms with Gasteiger partial charge in [-0.25, -0.2) is 4.98 Å². The molecule has 0 radical (unpaired) electrons. The van der Waals surface area contributed by atoms with Crippen molar-refractivity contribution in [1.82, 2.24) is 20.1 Å². The van der Waals surface area contributed by atoms with Gasteiger partial charge in [0.1, 0.15) is 10.7 Å². The van der Waals surface area contributed by atoms with Crippen LogP contribution in [0.2, 0.25) is 0 Å². The van der Waals surface area contributed by atoms with E-state index in [-0.39, 0.29) is 72.1 Å². The zero-order valence-corrected chi connectivity index (χ0v) is 32.9. The van der Waals surface area contributed by atoms with Crippen molar-refractivity contribution in [2.75, 3.05) is 27.7 Å². The number of ether oxygens (including phenoxy) is 2. The predicted molar refractivity (Wildman–Crippen MR) is 198 cm³/mol. The van der Waals surface area contributed by atoms with Crippen molar-refractivity contribution in [2.45, 2.75) is 111 Å². The van der Waals surface area contributed by atoms with Crippen LogP contribution in [0.3, 0.4) is 0 Å². The number of methoxy groups -OCH3 is 1. The van der Waals surface area contributed by atoms with E-state index in [1.807, 2.05) is 65.1 Å². The number of hydrogen-bond donors (Lipinski definition) is 1. The number of aryl methyl sites for hydroxylation is 1. The number of likely N-dealkylation sites (tertiary alicyclic amines) is 1. The fraction of sp³-hybridized carbons (Fsp3) is 0.641. The van der Waals surface area contributed by atoms with Crippen molar-refractivity contribution in [3.8, 4) is 0 Å². The van der Waals surface area contributed by atoms with E-state index in [1.54, 1.807) is 25.8 Å². The molecule has 1 aromatic heterocycles. The first-order valence-electron chi connectivity index (χ1n) is 18.1. The number of likely N-dealkylation sites (N-methyl/N-ethyl adjacent to an activating group) is 1. The fourth-order valence-electron chi connectivity index (χ4n) is 7.03. The minimum Gasteiger partial charge on any atom is -0.469 e. The second-order valence-electron chi connectivity index (χ2n) is 14.7. The average Bonchev–Trinajstić information content (AvgIpc) is 3.69. The summed E-state index contributed by atoms with van der Waals surface area (Å²) in [6.07, 6.45) is 2.32. The quantitative estimate of drug-likeness (QED) is 0.189. The maximum Gasteiger partial charge on any atom is 0.308 e. The summed E-state index contributed by atoms with van der Waals surface area (Å²) in [7, 11) is 5.07. The van der Waals surface area contributed by atoms with E-state index >= 15 is 0 Å². The number of nitrogens with one attached hydrogen (secondary N) is 1. The Labute approximate surface area is 307 Å². The van der Waals surface area contributed by atoms with Gasteiger partial charge < -0.3 is 19.7 Å². The average molecular weight is 727 g/mol. The van der Waals surface area contributed by atoms with Gasteiger partial charge in [-0.3, -0.25) is 28.9 Å². The zero-order chi connectivity index (χ0) is 38.0. The maximum atomic E-state index is 14.1. The Hall–Kier alpha value is -3.64. The lowest BCUT2D eigenvalue weighted by atomic mass is 9.86. The number of carbonyl (C=O) groups excluding carboxylic acids is 5. The van der Waals surface area contributed by atoms with Crippen molar-refractivity contribution < 1.29 is 33.4 Å². The van der Waals surface area contributed by atoms with Gasteiger partial charge in [-0.1, -0.05) is 65.0 Å². The van der Waals surface area contributed by atoms with E-state index in [1.165, 1.54) is 25.4 Å². The first kappa shape index (κ1) is 41.8. The van der Waals surface area contributed by atoms with Crippen LogP contribution in [-0.4, -0.2) is 90.2 Å². The molecule has 1 fully saturated rings. The Morgan fingerprint density at radius 3 is 2.25 bits per heavy atom. The summed E-state index contributed by atoms with van der Waals surface area (Å²) in [5, 5.41) is 3.55. The van der Waals surface area contributed by atoms with E-state index in [4.69, 9.17) is 14.5 Å². The largest absolute Gasteiger partial charge is 0.469 e. The molecule has 0 saturated carbocycles. The number of hydrogen-bond acceptors (Lipinski definition) is 10. The molecule has 1 aliphatic heterocycles. The second-order valence-corrected chi connectivity index (χ2v) is 16.0. The number of thiazole rings is 1. The van der Waals surface area contributed by atoms with Crippen LogP contribution in [0.1, 0.15) is 106 Å². The number of carbonyl (C=O) groups is 5. The van der Waals surface area contributed by atoms with Gasteiger partial charge >= 0.3 is 11.9 Å². The fourth-order valence-corrected chi connectivity index (χ4v) is 8.00. The smallest absolute Gasteiger partial charge is 0.308 e. The van der Waals surface area contributed by atoms with Gasteiger partial charge in [0.25, 0.3) is 5.91 Å². The van der Waals surface area contributed by atoms with E-state index in [0.29, 0.717) is 22.7 Å². The monoisotopic (exact) mass is 726 g/mol. The molecule has 0 spiro atoms. The SMILES string of the molecule is COC(=O)[C@@H](C)C[C@H](Cc1ccccc1)NC(=O)c1nc([C@@H](C[C@H](C(C)C)N(C)C(=O)[C@@H](CC(=O)[C@H]2CCCN2C)C(C)C)OC(C)=O)sc1C. The molecule has 1 aliphatic rings. The molecule has 6 atom stereocenters. The Bertz CT molecular complexity index is 1490. The minimum atomic E-state index is -0.805. The summed E-state index contributed by atoms with van der Waals surface area (Å²) in [4.78, 5) is 74.9. The van der Waals surface area contributed by atoms with Crippen molar-refractivity contribution in [3.63, 3.8) is 0 Å². The van der Waals surface area contributed by atoms with E-state index in [9.17, 15) is 24.0 Å². The molecule has 1 N–H and O–H groups in total.